The molecule has 0 spiro atoms. The van der Waals surface area contributed by atoms with Crippen LogP contribution < -0.4 is 14.8 Å². The van der Waals surface area contributed by atoms with Gasteiger partial charge < -0.3 is 14.8 Å². The van der Waals surface area contributed by atoms with E-state index < -0.39 is 0 Å². The van der Waals surface area contributed by atoms with Crippen LogP contribution in [0.3, 0.4) is 0 Å². The third-order valence-corrected chi connectivity index (χ3v) is 4.41. The van der Waals surface area contributed by atoms with Crippen LogP contribution in [-0.2, 0) is 0 Å². The molecule has 1 saturated heterocycles. The number of nitrogens with zero attached hydrogens (tertiary/aromatic N) is 1. The first-order valence-electron chi connectivity index (χ1n) is 8.32. The number of methoxy groups -OCH3 is 2. The van der Waals surface area contributed by atoms with Crippen LogP contribution in [-0.4, -0.2) is 45.3 Å². The molecule has 4 nitrogen and oxygen atoms in total. The van der Waals surface area contributed by atoms with E-state index in [1.807, 2.05) is 12.1 Å². The minimum absolute atomic E-state index is 0.398. The molecule has 1 aromatic rings. The lowest BCUT2D eigenvalue weighted by molar-refractivity contribution is 0.157. The standard InChI is InChI=1S/C18H30N2O2/c1-14(2)5-7-17(20-11-9-19-10-12-20)16-13-15(21-3)6-8-18(16)22-4/h6,8,13-14,17,19H,5,7,9-12H2,1-4H3/t17-/m0/s1. The smallest absolute Gasteiger partial charge is 0.123 e. The average molecular weight is 306 g/mol. The molecule has 2 rings (SSSR count). The van der Waals surface area contributed by atoms with Crippen molar-refractivity contribution in [2.45, 2.75) is 32.7 Å². The zero-order chi connectivity index (χ0) is 15.9. The Hall–Kier alpha value is -1.26. The first-order chi connectivity index (χ1) is 10.7. The first-order valence-corrected chi connectivity index (χ1v) is 8.32. The predicted octanol–water partition coefficient (Wildman–Crippen LogP) is 3.09. The molecule has 0 bridgehead atoms. The molecular formula is C18H30N2O2. The van der Waals surface area contributed by atoms with Gasteiger partial charge in [-0.1, -0.05) is 13.8 Å². The minimum atomic E-state index is 0.398. The van der Waals surface area contributed by atoms with Crippen LogP contribution >= 0.6 is 0 Å². The number of ether oxygens (including phenoxy) is 2. The summed E-state index contributed by atoms with van der Waals surface area (Å²) in [6.45, 7) is 8.87. The summed E-state index contributed by atoms with van der Waals surface area (Å²) in [5.41, 5.74) is 1.25. The van der Waals surface area contributed by atoms with Crippen molar-refractivity contribution >= 4 is 0 Å². The molecule has 1 aliphatic rings. The lowest BCUT2D eigenvalue weighted by Gasteiger charge is -2.36. The van der Waals surface area contributed by atoms with Gasteiger partial charge in [0.05, 0.1) is 14.2 Å². The van der Waals surface area contributed by atoms with Crippen LogP contribution in [0.15, 0.2) is 18.2 Å². The topological polar surface area (TPSA) is 33.7 Å². The summed E-state index contributed by atoms with van der Waals surface area (Å²) in [4.78, 5) is 2.58. The van der Waals surface area contributed by atoms with Gasteiger partial charge in [-0.3, -0.25) is 4.90 Å². The summed E-state index contributed by atoms with van der Waals surface area (Å²) < 4.78 is 11.1. The van der Waals surface area contributed by atoms with Crippen molar-refractivity contribution in [1.29, 1.82) is 0 Å². The van der Waals surface area contributed by atoms with Crippen LogP contribution in [0.2, 0.25) is 0 Å². The number of hydrogen-bond donors (Lipinski definition) is 1. The average Bonchev–Trinajstić information content (AvgIpc) is 2.55. The van der Waals surface area contributed by atoms with Crippen LogP contribution in [0.4, 0.5) is 0 Å². The molecule has 0 unspecified atom stereocenters. The monoisotopic (exact) mass is 306 g/mol. The Bertz CT molecular complexity index is 456. The number of benzene rings is 1. The number of rotatable bonds is 7. The summed E-state index contributed by atoms with van der Waals surface area (Å²) in [6.07, 6.45) is 2.37. The molecule has 4 heteroatoms. The van der Waals surface area contributed by atoms with Gasteiger partial charge in [0.2, 0.25) is 0 Å². The fourth-order valence-corrected chi connectivity index (χ4v) is 3.12. The summed E-state index contributed by atoms with van der Waals surface area (Å²) in [5, 5.41) is 3.44. The Labute approximate surface area is 134 Å². The van der Waals surface area contributed by atoms with Gasteiger partial charge in [0, 0.05) is 37.8 Å². The Morgan fingerprint density at radius 2 is 1.82 bits per heavy atom. The lowest BCUT2D eigenvalue weighted by Crippen LogP contribution is -2.45. The van der Waals surface area contributed by atoms with Gasteiger partial charge >= 0.3 is 0 Å². The van der Waals surface area contributed by atoms with E-state index in [0.717, 1.165) is 44.1 Å². The summed E-state index contributed by atoms with van der Waals surface area (Å²) in [7, 11) is 3.47. The summed E-state index contributed by atoms with van der Waals surface area (Å²) >= 11 is 0. The third kappa shape index (κ3) is 4.37. The van der Waals surface area contributed by atoms with Crippen molar-refractivity contribution in [2.75, 3.05) is 40.4 Å². The van der Waals surface area contributed by atoms with Gasteiger partial charge in [0.1, 0.15) is 11.5 Å². The molecule has 1 aromatic carbocycles. The molecule has 22 heavy (non-hydrogen) atoms. The number of piperazine rings is 1. The quantitative estimate of drug-likeness (QED) is 0.839. The van der Waals surface area contributed by atoms with Crippen molar-refractivity contribution in [3.8, 4) is 11.5 Å². The van der Waals surface area contributed by atoms with Crippen LogP contribution in [0, 0.1) is 5.92 Å². The largest absolute Gasteiger partial charge is 0.497 e. The highest BCUT2D eigenvalue weighted by molar-refractivity contribution is 5.42. The van der Waals surface area contributed by atoms with E-state index in [2.05, 4.69) is 30.1 Å². The third-order valence-electron chi connectivity index (χ3n) is 4.41. The van der Waals surface area contributed by atoms with E-state index in [1.54, 1.807) is 14.2 Å². The highest BCUT2D eigenvalue weighted by atomic mass is 16.5. The zero-order valence-electron chi connectivity index (χ0n) is 14.4. The molecule has 0 radical (unpaired) electrons. The van der Waals surface area contributed by atoms with Crippen molar-refractivity contribution < 1.29 is 9.47 Å². The maximum atomic E-state index is 5.63. The summed E-state index contributed by atoms with van der Waals surface area (Å²) in [5.74, 6) is 2.58. The second-order valence-electron chi connectivity index (χ2n) is 6.38. The molecule has 0 saturated carbocycles. The van der Waals surface area contributed by atoms with Gasteiger partial charge in [-0.15, -0.1) is 0 Å². The first kappa shape index (κ1) is 17.1. The maximum Gasteiger partial charge on any atom is 0.123 e. The molecular weight excluding hydrogens is 276 g/mol. The van der Waals surface area contributed by atoms with Crippen molar-refractivity contribution in [3.63, 3.8) is 0 Å². The molecule has 0 aromatic heterocycles. The maximum absolute atomic E-state index is 5.63. The second kappa shape index (κ2) is 8.39. The molecule has 124 valence electrons. The predicted molar refractivity (Wildman–Crippen MR) is 90.8 cm³/mol. The molecule has 1 atom stereocenters. The van der Waals surface area contributed by atoms with Gasteiger partial charge in [0.25, 0.3) is 0 Å². The lowest BCUT2D eigenvalue weighted by atomic mass is 9.95. The summed E-state index contributed by atoms with van der Waals surface area (Å²) in [6, 6.07) is 6.54. The van der Waals surface area contributed by atoms with Gasteiger partial charge in [-0.2, -0.15) is 0 Å². The molecule has 1 heterocycles. The second-order valence-corrected chi connectivity index (χ2v) is 6.38. The Morgan fingerprint density at radius 3 is 2.41 bits per heavy atom. The van der Waals surface area contributed by atoms with Crippen molar-refractivity contribution in [1.82, 2.24) is 10.2 Å². The van der Waals surface area contributed by atoms with Gasteiger partial charge in [0.15, 0.2) is 0 Å². The van der Waals surface area contributed by atoms with E-state index in [9.17, 15) is 0 Å². The van der Waals surface area contributed by atoms with Crippen molar-refractivity contribution in [3.05, 3.63) is 23.8 Å². The van der Waals surface area contributed by atoms with E-state index in [-0.39, 0.29) is 0 Å². The van der Waals surface area contributed by atoms with Crippen LogP contribution in [0.1, 0.15) is 38.3 Å². The molecule has 1 fully saturated rings. The Kier molecular flexibility index (Phi) is 6.52. The Morgan fingerprint density at radius 1 is 1.09 bits per heavy atom. The van der Waals surface area contributed by atoms with E-state index in [0.29, 0.717) is 12.0 Å². The van der Waals surface area contributed by atoms with Crippen molar-refractivity contribution in [2.24, 2.45) is 5.92 Å². The fraction of sp³-hybridized carbons (Fsp3) is 0.667. The Balaban J connectivity index is 2.29. The highest BCUT2D eigenvalue weighted by Crippen LogP contribution is 2.36. The van der Waals surface area contributed by atoms with Crippen LogP contribution in [0.5, 0.6) is 11.5 Å². The SMILES string of the molecule is COc1ccc(OC)c([C@H](CCC(C)C)N2CCNCC2)c1. The molecule has 1 aliphatic heterocycles. The zero-order valence-corrected chi connectivity index (χ0v) is 14.4. The number of nitrogens with one attached hydrogen (secondary N) is 1. The van der Waals surface area contributed by atoms with E-state index in [4.69, 9.17) is 9.47 Å². The molecule has 1 N–H and O–H groups in total. The molecule has 0 aliphatic carbocycles. The normalized spacial score (nSPS) is 17.5. The highest BCUT2D eigenvalue weighted by Gasteiger charge is 2.25. The minimum Gasteiger partial charge on any atom is -0.497 e. The van der Waals surface area contributed by atoms with E-state index >= 15 is 0 Å². The molecule has 0 amide bonds. The van der Waals surface area contributed by atoms with Gasteiger partial charge in [-0.05, 0) is 37.0 Å². The van der Waals surface area contributed by atoms with Gasteiger partial charge in [-0.25, -0.2) is 0 Å². The fourth-order valence-electron chi connectivity index (χ4n) is 3.12. The van der Waals surface area contributed by atoms with Crippen LogP contribution in [0.25, 0.3) is 0 Å². The van der Waals surface area contributed by atoms with E-state index in [1.165, 1.54) is 12.0 Å². The number of hydrogen-bond acceptors (Lipinski definition) is 4.